The number of rotatable bonds is 2. The van der Waals surface area contributed by atoms with Crippen molar-refractivity contribution in [2.24, 2.45) is 10.4 Å². The zero-order valence-electron chi connectivity index (χ0n) is 15.4. The maximum absolute atomic E-state index is 12.9. The van der Waals surface area contributed by atoms with Gasteiger partial charge < -0.3 is 4.74 Å². The van der Waals surface area contributed by atoms with E-state index in [0.717, 1.165) is 43.8 Å². The van der Waals surface area contributed by atoms with Crippen molar-refractivity contribution in [1.29, 1.82) is 0 Å². The van der Waals surface area contributed by atoms with Crippen LogP contribution in [0, 0.1) is 5.41 Å². The highest BCUT2D eigenvalue weighted by Gasteiger charge is 2.72. The number of para-hydroxylation sites is 1. The highest BCUT2D eigenvalue weighted by Crippen LogP contribution is 2.66. The summed E-state index contributed by atoms with van der Waals surface area (Å²) in [5, 5.41) is 0. The number of hydrogen-bond donors (Lipinski definition) is 0. The molecule has 3 aliphatic heterocycles. The standard InChI is InChI=1S/C21H25ClN2O2/c1-3-19-9-6-11-24-12-10-20(17(19)24)14-7-4-5-8-15(14)23-16(20)21(22,13-19)18(25)26-2/h4-5,7-8,17H,3,6,9-13H2,1-2H3/t17-,19-,20-,21+/m1/s1. The fourth-order valence-electron chi connectivity index (χ4n) is 6.67. The van der Waals surface area contributed by atoms with Gasteiger partial charge in [-0.15, -0.1) is 0 Å². The van der Waals surface area contributed by atoms with E-state index in [-0.39, 0.29) is 16.8 Å². The topological polar surface area (TPSA) is 41.9 Å². The van der Waals surface area contributed by atoms with Crippen LogP contribution in [0.2, 0.25) is 0 Å². The van der Waals surface area contributed by atoms with Gasteiger partial charge in [-0.3, -0.25) is 9.89 Å². The van der Waals surface area contributed by atoms with Gasteiger partial charge in [-0.05, 0) is 62.2 Å². The van der Waals surface area contributed by atoms with E-state index in [1.165, 1.54) is 19.1 Å². The summed E-state index contributed by atoms with van der Waals surface area (Å²) in [4.78, 5) is 19.4. The predicted octanol–water partition coefficient (Wildman–Crippen LogP) is 3.83. The van der Waals surface area contributed by atoms with Crippen molar-refractivity contribution in [1.82, 2.24) is 4.90 Å². The lowest BCUT2D eigenvalue weighted by molar-refractivity contribution is -0.144. The molecule has 26 heavy (non-hydrogen) atoms. The van der Waals surface area contributed by atoms with Crippen LogP contribution >= 0.6 is 11.6 Å². The number of fused-ring (bicyclic) bond motifs is 1. The molecule has 5 rings (SSSR count). The summed E-state index contributed by atoms with van der Waals surface area (Å²) in [5.41, 5.74) is 2.87. The maximum Gasteiger partial charge on any atom is 0.332 e. The number of carbonyl (C=O) groups is 1. The first-order chi connectivity index (χ1) is 12.5. The smallest absolute Gasteiger partial charge is 0.332 e. The SMILES string of the molecule is CC[C@@]12CCCN3CC[C@@]4(C(=Nc5ccccc54)[C@](Cl)(C(=O)OC)C1)[C@H]32. The molecule has 138 valence electrons. The predicted molar refractivity (Wildman–Crippen MR) is 102 cm³/mol. The number of alkyl halides is 1. The lowest BCUT2D eigenvalue weighted by atomic mass is 9.50. The number of hydrogen-bond acceptors (Lipinski definition) is 4. The van der Waals surface area contributed by atoms with Crippen molar-refractivity contribution >= 4 is 29.0 Å². The van der Waals surface area contributed by atoms with Crippen molar-refractivity contribution in [2.45, 2.75) is 55.4 Å². The average molecular weight is 373 g/mol. The molecular formula is C21H25ClN2O2. The third-order valence-electron chi connectivity index (χ3n) is 7.55. The van der Waals surface area contributed by atoms with E-state index in [1.807, 2.05) is 6.07 Å². The Balaban J connectivity index is 1.81. The van der Waals surface area contributed by atoms with E-state index >= 15 is 0 Å². The van der Waals surface area contributed by atoms with Gasteiger partial charge in [0.25, 0.3) is 0 Å². The van der Waals surface area contributed by atoms with Gasteiger partial charge in [0, 0.05) is 6.04 Å². The largest absolute Gasteiger partial charge is 0.467 e. The van der Waals surface area contributed by atoms with E-state index in [1.54, 1.807) is 0 Å². The highest BCUT2D eigenvalue weighted by molar-refractivity contribution is 6.49. The van der Waals surface area contributed by atoms with Crippen LogP contribution in [-0.2, 0) is 14.9 Å². The normalized spacial score (nSPS) is 40.4. The van der Waals surface area contributed by atoms with Gasteiger partial charge in [-0.2, -0.15) is 0 Å². The monoisotopic (exact) mass is 372 g/mol. The van der Waals surface area contributed by atoms with E-state index < -0.39 is 4.87 Å². The Morgan fingerprint density at radius 2 is 2.15 bits per heavy atom. The lowest BCUT2D eigenvalue weighted by Crippen LogP contribution is -2.69. The van der Waals surface area contributed by atoms with Crippen LogP contribution in [0.1, 0.15) is 44.6 Å². The summed E-state index contributed by atoms with van der Waals surface area (Å²) < 4.78 is 5.21. The molecule has 1 aromatic rings. The molecule has 3 heterocycles. The second kappa shape index (κ2) is 5.32. The molecule has 3 fully saturated rings. The summed E-state index contributed by atoms with van der Waals surface area (Å²) in [6.07, 6.45) is 4.92. The van der Waals surface area contributed by atoms with Gasteiger partial charge >= 0.3 is 5.97 Å². The first-order valence-electron chi connectivity index (χ1n) is 9.72. The van der Waals surface area contributed by atoms with Gasteiger partial charge in [0.1, 0.15) is 0 Å². The van der Waals surface area contributed by atoms with Crippen LogP contribution in [0.3, 0.4) is 0 Å². The van der Waals surface area contributed by atoms with E-state index in [0.29, 0.717) is 12.5 Å². The number of methoxy groups -OCH3 is 1. The molecule has 0 radical (unpaired) electrons. The van der Waals surface area contributed by atoms with Crippen molar-refractivity contribution < 1.29 is 9.53 Å². The molecule has 4 aliphatic rings. The molecule has 2 saturated heterocycles. The number of nitrogens with zero attached hydrogens (tertiary/aromatic N) is 2. The van der Waals surface area contributed by atoms with E-state index in [2.05, 4.69) is 30.0 Å². The number of benzene rings is 1. The highest BCUT2D eigenvalue weighted by atomic mass is 35.5. The molecule has 5 heteroatoms. The molecule has 4 atom stereocenters. The van der Waals surface area contributed by atoms with Crippen molar-refractivity contribution in [2.75, 3.05) is 20.2 Å². The maximum atomic E-state index is 12.9. The minimum Gasteiger partial charge on any atom is -0.467 e. The van der Waals surface area contributed by atoms with Crippen LogP contribution in [0.5, 0.6) is 0 Å². The molecule has 0 bridgehead atoms. The van der Waals surface area contributed by atoms with Gasteiger partial charge in [0.05, 0.1) is 23.9 Å². The number of ether oxygens (including phenoxy) is 1. The molecule has 1 spiro atoms. The molecule has 0 unspecified atom stereocenters. The van der Waals surface area contributed by atoms with Crippen molar-refractivity contribution in [3.05, 3.63) is 29.8 Å². The van der Waals surface area contributed by atoms with Crippen LogP contribution in [0.25, 0.3) is 0 Å². The fraction of sp³-hybridized carbons (Fsp3) is 0.619. The van der Waals surface area contributed by atoms with Gasteiger partial charge in [-0.25, -0.2) is 4.79 Å². The number of aliphatic imine (C=N–C) groups is 1. The van der Waals surface area contributed by atoms with Crippen molar-refractivity contribution in [3.8, 4) is 0 Å². The quantitative estimate of drug-likeness (QED) is 0.585. The summed E-state index contributed by atoms with van der Waals surface area (Å²) in [6.45, 7) is 4.44. The Labute approximate surface area is 159 Å². The number of carbonyl (C=O) groups excluding carboxylic acids is 1. The molecule has 1 aliphatic carbocycles. The number of piperidine rings is 1. The molecule has 0 amide bonds. The van der Waals surface area contributed by atoms with E-state index in [4.69, 9.17) is 21.3 Å². The van der Waals surface area contributed by atoms with Gasteiger partial charge in [0.15, 0.2) is 4.87 Å². The van der Waals surface area contributed by atoms with Gasteiger partial charge in [-0.1, -0.05) is 36.7 Å². The van der Waals surface area contributed by atoms with Crippen LogP contribution in [-0.4, -0.2) is 47.7 Å². The number of esters is 1. The Hall–Kier alpha value is -1.39. The Bertz CT molecular complexity index is 824. The zero-order chi connectivity index (χ0) is 18.2. The van der Waals surface area contributed by atoms with Crippen LogP contribution in [0.15, 0.2) is 29.3 Å². The summed E-state index contributed by atoms with van der Waals surface area (Å²) in [6, 6.07) is 8.75. The average Bonchev–Trinajstić information content (AvgIpc) is 3.23. The molecule has 0 N–H and O–H groups in total. The number of halogens is 1. The molecule has 1 saturated carbocycles. The Morgan fingerprint density at radius 1 is 1.35 bits per heavy atom. The minimum absolute atomic E-state index is 0.0289. The summed E-state index contributed by atoms with van der Waals surface area (Å²) >= 11 is 7.17. The second-order valence-corrected chi connectivity index (χ2v) is 9.07. The van der Waals surface area contributed by atoms with Crippen molar-refractivity contribution in [3.63, 3.8) is 0 Å². The summed E-state index contributed by atoms with van der Waals surface area (Å²) in [7, 11) is 1.44. The second-order valence-electron chi connectivity index (χ2n) is 8.43. The Morgan fingerprint density at radius 3 is 2.92 bits per heavy atom. The zero-order valence-corrected chi connectivity index (χ0v) is 16.2. The summed E-state index contributed by atoms with van der Waals surface area (Å²) in [5.74, 6) is -0.347. The Kier molecular flexibility index (Phi) is 3.43. The third-order valence-corrected chi connectivity index (χ3v) is 8.02. The van der Waals surface area contributed by atoms with E-state index in [9.17, 15) is 4.79 Å². The molecule has 4 nitrogen and oxygen atoms in total. The first kappa shape index (κ1) is 16.8. The van der Waals surface area contributed by atoms with Crippen LogP contribution < -0.4 is 0 Å². The molecule has 0 aromatic heterocycles. The molecule has 1 aromatic carbocycles. The first-order valence-corrected chi connectivity index (χ1v) is 10.1. The lowest BCUT2D eigenvalue weighted by Gasteiger charge is -2.59. The third kappa shape index (κ3) is 1.75. The molecular weight excluding hydrogens is 348 g/mol. The fourth-order valence-corrected chi connectivity index (χ4v) is 7.22. The van der Waals surface area contributed by atoms with Crippen LogP contribution in [0.4, 0.5) is 5.69 Å². The van der Waals surface area contributed by atoms with Gasteiger partial charge in [0.2, 0.25) is 0 Å². The minimum atomic E-state index is -1.16.